The molecule has 1 fully saturated rings. The Morgan fingerprint density at radius 1 is 1.27 bits per heavy atom. The fourth-order valence-electron chi connectivity index (χ4n) is 2.20. The molecule has 0 spiro atoms. The van der Waals surface area contributed by atoms with Crippen molar-refractivity contribution in [1.29, 1.82) is 0 Å². The third kappa shape index (κ3) is 4.24. The van der Waals surface area contributed by atoms with Gasteiger partial charge in [-0.1, -0.05) is 36.1 Å². The number of benzene rings is 2. The molecule has 1 N–H and O–H groups in total. The molecule has 6 nitrogen and oxygen atoms in total. The van der Waals surface area contributed by atoms with Crippen molar-refractivity contribution in [1.82, 2.24) is 5.32 Å². The minimum absolute atomic E-state index is 0.128. The molecule has 1 amide bonds. The van der Waals surface area contributed by atoms with Gasteiger partial charge >= 0.3 is 0 Å². The Morgan fingerprint density at radius 2 is 2.00 bits per heavy atom. The molecule has 0 unspecified atom stereocenters. The SMILES string of the molecule is O=C1NC(=S)SC1=Cc1cc([N+](=O)[O-])ccc1OCc1ccc(F)cc1. The first kappa shape index (κ1) is 18.0. The largest absolute Gasteiger partial charge is 0.488 e. The summed E-state index contributed by atoms with van der Waals surface area (Å²) in [5.41, 5.74) is 0.984. The second-order valence-electron chi connectivity index (χ2n) is 5.25. The van der Waals surface area contributed by atoms with E-state index in [1.165, 1.54) is 36.4 Å². The number of hydrogen-bond donors (Lipinski definition) is 1. The lowest BCUT2D eigenvalue weighted by molar-refractivity contribution is -0.384. The molecule has 1 heterocycles. The number of carbonyl (C=O) groups is 1. The summed E-state index contributed by atoms with van der Waals surface area (Å²) in [7, 11) is 0. The van der Waals surface area contributed by atoms with Crippen molar-refractivity contribution in [3.63, 3.8) is 0 Å². The lowest BCUT2D eigenvalue weighted by atomic mass is 10.1. The molecule has 0 bridgehead atoms. The Labute approximate surface area is 157 Å². The Bertz CT molecular complexity index is 929. The number of rotatable bonds is 5. The summed E-state index contributed by atoms with van der Waals surface area (Å²) >= 11 is 6.01. The molecule has 1 aliphatic rings. The highest BCUT2D eigenvalue weighted by atomic mass is 32.2. The van der Waals surface area contributed by atoms with Crippen LogP contribution in [0.1, 0.15) is 11.1 Å². The number of nitro groups is 1. The van der Waals surface area contributed by atoms with Gasteiger partial charge in [0.2, 0.25) is 0 Å². The van der Waals surface area contributed by atoms with Gasteiger partial charge in [-0.3, -0.25) is 14.9 Å². The van der Waals surface area contributed by atoms with Crippen LogP contribution in [0.25, 0.3) is 6.08 Å². The summed E-state index contributed by atoms with van der Waals surface area (Å²) in [6.45, 7) is 0.145. The lowest BCUT2D eigenvalue weighted by Gasteiger charge is -2.10. The average Bonchev–Trinajstić information content (AvgIpc) is 2.92. The summed E-state index contributed by atoms with van der Waals surface area (Å²) < 4.78 is 19.0. The maximum atomic E-state index is 13.0. The standard InChI is InChI=1S/C17H11FN2O4S2/c18-12-3-1-10(2-4-12)9-24-14-6-5-13(20(22)23)7-11(14)8-15-16(21)19-17(25)26-15/h1-8H,9H2,(H,19,21,25). The van der Waals surface area contributed by atoms with Crippen molar-refractivity contribution >= 4 is 46.0 Å². The predicted molar refractivity (Wildman–Crippen MR) is 100 cm³/mol. The Hall–Kier alpha value is -2.78. The Kier molecular flexibility index (Phi) is 5.29. The van der Waals surface area contributed by atoms with Gasteiger partial charge in [0.25, 0.3) is 11.6 Å². The molecule has 132 valence electrons. The molecule has 9 heteroatoms. The van der Waals surface area contributed by atoms with Crippen LogP contribution in [0, 0.1) is 15.9 Å². The second-order valence-corrected chi connectivity index (χ2v) is 6.97. The number of non-ortho nitro benzene ring substituents is 1. The zero-order chi connectivity index (χ0) is 18.7. The van der Waals surface area contributed by atoms with Gasteiger partial charge in [-0.25, -0.2) is 4.39 Å². The number of amides is 1. The molecule has 26 heavy (non-hydrogen) atoms. The van der Waals surface area contributed by atoms with Gasteiger partial charge in [0.15, 0.2) is 0 Å². The number of carbonyl (C=O) groups excluding carboxylic acids is 1. The minimum atomic E-state index is -0.530. The van der Waals surface area contributed by atoms with Crippen LogP contribution < -0.4 is 10.1 Å². The molecule has 0 aromatic heterocycles. The Balaban J connectivity index is 1.90. The van der Waals surface area contributed by atoms with Crippen LogP contribution >= 0.6 is 24.0 Å². The van der Waals surface area contributed by atoms with E-state index < -0.39 is 4.92 Å². The monoisotopic (exact) mass is 390 g/mol. The van der Waals surface area contributed by atoms with Crippen molar-refractivity contribution < 1.29 is 18.8 Å². The van der Waals surface area contributed by atoms with Gasteiger partial charge < -0.3 is 10.1 Å². The van der Waals surface area contributed by atoms with Crippen LogP contribution in [-0.2, 0) is 11.4 Å². The highest BCUT2D eigenvalue weighted by Crippen LogP contribution is 2.32. The van der Waals surface area contributed by atoms with Crippen LogP contribution in [0.2, 0.25) is 0 Å². The summed E-state index contributed by atoms with van der Waals surface area (Å²) in [5.74, 6) is -0.357. The number of ether oxygens (including phenoxy) is 1. The molecule has 1 saturated heterocycles. The number of nitro benzene ring substituents is 1. The molecule has 1 aliphatic heterocycles. The molecule has 0 aliphatic carbocycles. The first-order valence-electron chi connectivity index (χ1n) is 7.33. The van der Waals surface area contributed by atoms with Crippen molar-refractivity contribution in [2.24, 2.45) is 0 Å². The first-order valence-corrected chi connectivity index (χ1v) is 8.55. The van der Waals surface area contributed by atoms with E-state index in [9.17, 15) is 19.3 Å². The molecule has 2 aromatic carbocycles. The van der Waals surface area contributed by atoms with E-state index in [4.69, 9.17) is 17.0 Å². The van der Waals surface area contributed by atoms with Crippen LogP contribution in [0.5, 0.6) is 5.75 Å². The molecular weight excluding hydrogens is 379 g/mol. The fourth-order valence-corrected chi connectivity index (χ4v) is 3.23. The number of halogens is 1. The summed E-state index contributed by atoms with van der Waals surface area (Å²) in [5, 5.41) is 13.5. The van der Waals surface area contributed by atoms with Crippen molar-refractivity contribution in [2.45, 2.75) is 6.61 Å². The van der Waals surface area contributed by atoms with Crippen LogP contribution in [-0.4, -0.2) is 15.2 Å². The number of thioether (sulfide) groups is 1. The molecule has 0 atom stereocenters. The van der Waals surface area contributed by atoms with E-state index in [-0.39, 0.29) is 24.0 Å². The molecule has 0 saturated carbocycles. The van der Waals surface area contributed by atoms with E-state index in [1.807, 2.05) is 0 Å². The van der Waals surface area contributed by atoms with E-state index in [2.05, 4.69) is 5.32 Å². The van der Waals surface area contributed by atoms with E-state index in [0.29, 0.717) is 20.5 Å². The van der Waals surface area contributed by atoms with Crippen molar-refractivity contribution in [3.8, 4) is 5.75 Å². The number of hydrogen-bond acceptors (Lipinski definition) is 6. The van der Waals surface area contributed by atoms with Gasteiger partial charge in [-0.05, 0) is 29.8 Å². The van der Waals surface area contributed by atoms with E-state index >= 15 is 0 Å². The maximum Gasteiger partial charge on any atom is 0.270 e. The van der Waals surface area contributed by atoms with Gasteiger partial charge in [-0.2, -0.15) is 0 Å². The minimum Gasteiger partial charge on any atom is -0.488 e. The topological polar surface area (TPSA) is 81.5 Å². The smallest absolute Gasteiger partial charge is 0.270 e. The third-order valence-electron chi connectivity index (χ3n) is 3.44. The zero-order valence-electron chi connectivity index (χ0n) is 13.1. The summed E-state index contributed by atoms with van der Waals surface area (Å²) in [6, 6.07) is 9.89. The van der Waals surface area contributed by atoms with Gasteiger partial charge in [0.05, 0.1) is 9.83 Å². The number of thiocarbonyl (C=S) groups is 1. The van der Waals surface area contributed by atoms with Crippen LogP contribution in [0.3, 0.4) is 0 Å². The number of nitrogens with zero attached hydrogens (tertiary/aromatic N) is 1. The van der Waals surface area contributed by atoms with E-state index in [0.717, 1.165) is 17.3 Å². The molecular formula is C17H11FN2O4S2. The normalized spacial score (nSPS) is 15.2. The Morgan fingerprint density at radius 3 is 2.62 bits per heavy atom. The lowest BCUT2D eigenvalue weighted by Crippen LogP contribution is -2.17. The van der Waals surface area contributed by atoms with Gasteiger partial charge in [-0.15, -0.1) is 0 Å². The second kappa shape index (κ2) is 7.63. The summed E-state index contributed by atoms with van der Waals surface area (Å²) in [4.78, 5) is 22.7. The van der Waals surface area contributed by atoms with Crippen LogP contribution in [0.15, 0.2) is 47.4 Å². The average molecular weight is 390 g/mol. The predicted octanol–water partition coefficient (Wildman–Crippen LogP) is 3.80. The first-order chi connectivity index (χ1) is 12.4. The van der Waals surface area contributed by atoms with Crippen molar-refractivity contribution in [3.05, 3.63) is 74.4 Å². The highest BCUT2D eigenvalue weighted by Gasteiger charge is 2.23. The molecule has 3 rings (SSSR count). The number of nitrogens with one attached hydrogen (secondary N) is 1. The zero-order valence-corrected chi connectivity index (χ0v) is 14.7. The van der Waals surface area contributed by atoms with E-state index in [1.54, 1.807) is 12.1 Å². The maximum absolute atomic E-state index is 13.0. The van der Waals surface area contributed by atoms with Gasteiger partial charge in [0, 0.05) is 17.7 Å². The quantitative estimate of drug-likeness (QED) is 0.362. The third-order valence-corrected chi connectivity index (χ3v) is 4.60. The molecule has 2 aromatic rings. The van der Waals surface area contributed by atoms with Crippen LogP contribution in [0.4, 0.5) is 10.1 Å². The molecule has 0 radical (unpaired) electrons. The fraction of sp³-hybridized carbons (Fsp3) is 0.0588. The van der Waals surface area contributed by atoms with Gasteiger partial charge in [0.1, 0.15) is 22.5 Å². The summed E-state index contributed by atoms with van der Waals surface area (Å²) in [6.07, 6.45) is 1.49. The van der Waals surface area contributed by atoms with Crippen molar-refractivity contribution in [2.75, 3.05) is 0 Å². The highest BCUT2D eigenvalue weighted by molar-refractivity contribution is 8.26.